The second-order valence-electron chi connectivity index (χ2n) is 4.18. The molecule has 2 aromatic rings. The largest absolute Gasteiger partial charge is 0.462 e. The van der Waals surface area contributed by atoms with Crippen LogP contribution < -0.4 is 4.72 Å². The van der Waals surface area contributed by atoms with Gasteiger partial charge in [0, 0.05) is 6.20 Å². The number of pyridine rings is 1. The predicted octanol–water partition coefficient (Wildman–Crippen LogP) is 2.20. The smallest absolute Gasteiger partial charge is 0.338 e. The molecule has 0 aliphatic carbocycles. The molecule has 0 saturated carbocycles. The third-order valence-electron chi connectivity index (χ3n) is 2.67. The van der Waals surface area contributed by atoms with E-state index in [4.69, 9.17) is 4.74 Å². The van der Waals surface area contributed by atoms with E-state index < -0.39 is 27.6 Å². The molecule has 8 heteroatoms. The van der Waals surface area contributed by atoms with Gasteiger partial charge < -0.3 is 4.74 Å². The Kier molecular flexibility index (Phi) is 4.71. The van der Waals surface area contributed by atoms with Gasteiger partial charge in [-0.2, -0.15) is 0 Å². The maximum atomic E-state index is 13.4. The normalized spacial score (nSPS) is 11.0. The summed E-state index contributed by atoms with van der Waals surface area (Å²) < 4.78 is 44.5. The summed E-state index contributed by atoms with van der Waals surface area (Å²) in [7, 11) is -4.00. The third-order valence-corrected chi connectivity index (χ3v) is 4.02. The minimum Gasteiger partial charge on any atom is -0.462 e. The molecule has 116 valence electrons. The lowest BCUT2D eigenvalue weighted by Crippen LogP contribution is -2.15. The molecule has 6 nitrogen and oxygen atoms in total. The van der Waals surface area contributed by atoms with Gasteiger partial charge in [-0.1, -0.05) is 0 Å². The summed E-state index contributed by atoms with van der Waals surface area (Å²) in [6.45, 7) is 1.89. The van der Waals surface area contributed by atoms with Crippen molar-refractivity contribution in [1.82, 2.24) is 4.98 Å². The highest BCUT2D eigenvalue weighted by Crippen LogP contribution is 2.17. The quantitative estimate of drug-likeness (QED) is 0.852. The monoisotopic (exact) mass is 324 g/mol. The SMILES string of the molecule is CCOC(=O)c1ccc(S(=O)(=O)Nc2ncccc2F)cc1. The van der Waals surface area contributed by atoms with Crippen LogP contribution in [0.4, 0.5) is 10.2 Å². The summed E-state index contributed by atoms with van der Waals surface area (Å²) in [4.78, 5) is 15.0. The van der Waals surface area contributed by atoms with Gasteiger partial charge in [0.2, 0.25) is 0 Å². The number of benzene rings is 1. The molecule has 1 heterocycles. The van der Waals surface area contributed by atoms with Crippen LogP contribution in [-0.4, -0.2) is 26.0 Å². The first kappa shape index (κ1) is 15.9. The number of ether oxygens (including phenoxy) is 1. The Morgan fingerprint density at radius 3 is 2.55 bits per heavy atom. The van der Waals surface area contributed by atoms with Crippen LogP contribution >= 0.6 is 0 Å². The highest BCUT2D eigenvalue weighted by molar-refractivity contribution is 7.92. The molecule has 0 bridgehead atoms. The van der Waals surface area contributed by atoms with Gasteiger partial charge in [-0.15, -0.1) is 0 Å². The summed E-state index contributed by atoms with van der Waals surface area (Å²) in [6, 6.07) is 7.55. The zero-order chi connectivity index (χ0) is 16.2. The Morgan fingerprint density at radius 1 is 1.27 bits per heavy atom. The topological polar surface area (TPSA) is 85.4 Å². The second-order valence-corrected chi connectivity index (χ2v) is 5.87. The molecule has 2 rings (SSSR count). The van der Waals surface area contributed by atoms with E-state index in [-0.39, 0.29) is 17.1 Å². The van der Waals surface area contributed by atoms with E-state index in [9.17, 15) is 17.6 Å². The fourth-order valence-electron chi connectivity index (χ4n) is 1.63. The molecule has 0 aliphatic rings. The maximum Gasteiger partial charge on any atom is 0.338 e. The Hall–Kier alpha value is -2.48. The molecule has 0 radical (unpaired) electrons. The average Bonchev–Trinajstić information content (AvgIpc) is 2.50. The average molecular weight is 324 g/mol. The molecular formula is C14H13FN2O4S. The first-order valence-corrected chi connectivity index (χ1v) is 7.83. The fourth-order valence-corrected chi connectivity index (χ4v) is 2.65. The van der Waals surface area contributed by atoms with E-state index in [1.165, 1.54) is 36.5 Å². The number of nitrogens with zero attached hydrogens (tertiary/aromatic N) is 1. The van der Waals surface area contributed by atoms with Crippen molar-refractivity contribution in [2.24, 2.45) is 0 Å². The number of esters is 1. The van der Waals surface area contributed by atoms with E-state index in [0.29, 0.717) is 0 Å². The number of halogens is 1. The highest BCUT2D eigenvalue weighted by atomic mass is 32.2. The molecule has 0 fully saturated rings. The standard InChI is InChI=1S/C14H13FN2O4S/c1-2-21-14(18)10-5-7-11(8-6-10)22(19,20)17-13-12(15)4-3-9-16-13/h3-9H,2H2,1H3,(H,16,17). The Bertz CT molecular complexity index is 776. The molecule has 1 aromatic carbocycles. The summed E-state index contributed by atoms with van der Waals surface area (Å²) in [5, 5.41) is 0. The van der Waals surface area contributed by atoms with Crippen LogP contribution in [0.25, 0.3) is 0 Å². The molecule has 0 atom stereocenters. The number of carbonyl (C=O) groups excluding carboxylic acids is 1. The number of nitrogens with one attached hydrogen (secondary N) is 1. The minimum absolute atomic E-state index is 0.120. The van der Waals surface area contributed by atoms with Gasteiger partial charge in [0.25, 0.3) is 10.0 Å². The molecule has 22 heavy (non-hydrogen) atoms. The maximum absolute atomic E-state index is 13.4. The fraction of sp³-hybridized carbons (Fsp3) is 0.143. The van der Waals surface area contributed by atoms with Crippen LogP contribution in [0.15, 0.2) is 47.5 Å². The Balaban J connectivity index is 2.23. The van der Waals surface area contributed by atoms with Gasteiger partial charge in [0.05, 0.1) is 17.1 Å². The van der Waals surface area contributed by atoms with Crippen LogP contribution in [0.5, 0.6) is 0 Å². The van der Waals surface area contributed by atoms with E-state index >= 15 is 0 Å². The number of aromatic nitrogens is 1. The summed E-state index contributed by atoms with van der Waals surface area (Å²) in [6.07, 6.45) is 1.27. The van der Waals surface area contributed by atoms with Gasteiger partial charge in [-0.3, -0.25) is 4.72 Å². The summed E-state index contributed by atoms with van der Waals surface area (Å²) in [5.74, 6) is -1.72. The molecule has 1 aromatic heterocycles. The van der Waals surface area contributed by atoms with Crippen molar-refractivity contribution in [1.29, 1.82) is 0 Å². The second kappa shape index (κ2) is 6.52. The first-order chi connectivity index (χ1) is 10.4. The van der Waals surface area contributed by atoms with Gasteiger partial charge in [0.15, 0.2) is 11.6 Å². The minimum atomic E-state index is -4.00. The van der Waals surface area contributed by atoms with Crippen LogP contribution in [0, 0.1) is 5.82 Å². The number of hydrogen-bond donors (Lipinski definition) is 1. The van der Waals surface area contributed by atoms with Crippen LogP contribution in [0.1, 0.15) is 17.3 Å². The lowest BCUT2D eigenvalue weighted by atomic mass is 10.2. The molecule has 1 N–H and O–H groups in total. The van der Waals surface area contributed by atoms with Crippen molar-refractivity contribution in [2.75, 3.05) is 11.3 Å². The van der Waals surface area contributed by atoms with Crippen molar-refractivity contribution < 1.29 is 22.3 Å². The predicted molar refractivity (Wildman–Crippen MR) is 77.4 cm³/mol. The third kappa shape index (κ3) is 3.59. The lowest BCUT2D eigenvalue weighted by Gasteiger charge is -2.08. The molecule has 0 amide bonds. The zero-order valence-electron chi connectivity index (χ0n) is 11.6. The number of carbonyl (C=O) groups is 1. The lowest BCUT2D eigenvalue weighted by molar-refractivity contribution is 0.0526. The molecule has 0 saturated heterocycles. The van der Waals surface area contributed by atoms with E-state index in [2.05, 4.69) is 4.98 Å². The number of hydrogen-bond acceptors (Lipinski definition) is 5. The zero-order valence-corrected chi connectivity index (χ0v) is 12.4. The molecular weight excluding hydrogens is 311 g/mol. The summed E-state index contributed by atoms with van der Waals surface area (Å²) in [5.41, 5.74) is 0.227. The first-order valence-electron chi connectivity index (χ1n) is 6.34. The Morgan fingerprint density at radius 2 is 1.95 bits per heavy atom. The Labute approximate surface area is 127 Å². The van der Waals surface area contributed by atoms with Crippen LogP contribution in [0.2, 0.25) is 0 Å². The van der Waals surface area contributed by atoms with Crippen molar-refractivity contribution >= 4 is 21.8 Å². The van der Waals surface area contributed by atoms with Crippen LogP contribution in [0.3, 0.4) is 0 Å². The summed E-state index contributed by atoms with van der Waals surface area (Å²) >= 11 is 0. The molecule has 0 spiro atoms. The van der Waals surface area contributed by atoms with Crippen LogP contribution in [-0.2, 0) is 14.8 Å². The van der Waals surface area contributed by atoms with E-state index in [1.54, 1.807) is 6.92 Å². The van der Waals surface area contributed by atoms with Gasteiger partial charge >= 0.3 is 5.97 Å². The van der Waals surface area contributed by atoms with Gasteiger partial charge in [-0.25, -0.2) is 22.6 Å². The van der Waals surface area contributed by atoms with Crippen molar-refractivity contribution in [3.63, 3.8) is 0 Å². The van der Waals surface area contributed by atoms with Gasteiger partial charge in [0.1, 0.15) is 0 Å². The van der Waals surface area contributed by atoms with Crippen molar-refractivity contribution in [3.8, 4) is 0 Å². The number of anilines is 1. The molecule has 0 aliphatic heterocycles. The van der Waals surface area contributed by atoms with E-state index in [1.807, 2.05) is 4.72 Å². The van der Waals surface area contributed by atoms with Crippen molar-refractivity contribution in [2.45, 2.75) is 11.8 Å². The highest BCUT2D eigenvalue weighted by Gasteiger charge is 2.17. The van der Waals surface area contributed by atoms with E-state index in [0.717, 1.165) is 6.07 Å². The molecule has 0 unspecified atom stereocenters. The van der Waals surface area contributed by atoms with Gasteiger partial charge in [-0.05, 0) is 43.3 Å². The van der Waals surface area contributed by atoms with Crippen molar-refractivity contribution in [3.05, 3.63) is 54.0 Å². The number of rotatable bonds is 5. The number of sulfonamides is 1.